The quantitative estimate of drug-likeness (QED) is 0.718. The van der Waals surface area contributed by atoms with Crippen LogP contribution in [0.2, 0.25) is 0 Å². The molecule has 13 heavy (non-hydrogen) atoms. The minimum atomic E-state index is 0.252. The summed E-state index contributed by atoms with van der Waals surface area (Å²) in [6.45, 7) is 0.751. The summed E-state index contributed by atoms with van der Waals surface area (Å²) in [5.74, 6) is 0.591. The standard InChI is InChI=1S/C10H21NO2/c1-12-9-5-3-4-8(6-7-11)10(9)13-2/h8-10H,3-7,11H2,1-2H3. The van der Waals surface area contributed by atoms with Gasteiger partial charge in [0.05, 0.1) is 12.2 Å². The Kier molecular flexibility index (Phi) is 4.70. The molecule has 0 amide bonds. The van der Waals surface area contributed by atoms with Crippen molar-refractivity contribution in [3.8, 4) is 0 Å². The van der Waals surface area contributed by atoms with Gasteiger partial charge in [-0.1, -0.05) is 6.42 Å². The van der Waals surface area contributed by atoms with Gasteiger partial charge in [-0.25, -0.2) is 0 Å². The minimum absolute atomic E-state index is 0.252. The van der Waals surface area contributed by atoms with Gasteiger partial charge in [0.2, 0.25) is 0 Å². The third kappa shape index (κ3) is 2.66. The van der Waals surface area contributed by atoms with Crippen LogP contribution in [0.3, 0.4) is 0 Å². The molecule has 1 aliphatic rings. The van der Waals surface area contributed by atoms with Crippen LogP contribution in [0.5, 0.6) is 0 Å². The Morgan fingerprint density at radius 2 is 2.00 bits per heavy atom. The molecule has 1 fully saturated rings. The Balaban J connectivity index is 2.50. The SMILES string of the molecule is COC1CCCC(CCN)C1OC. The second kappa shape index (κ2) is 5.58. The number of nitrogens with two attached hydrogens (primary N) is 1. The van der Waals surface area contributed by atoms with Gasteiger partial charge in [0.15, 0.2) is 0 Å². The zero-order valence-electron chi connectivity index (χ0n) is 8.66. The van der Waals surface area contributed by atoms with Gasteiger partial charge < -0.3 is 15.2 Å². The molecule has 3 nitrogen and oxygen atoms in total. The van der Waals surface area contributed by atoms with E-state index in [1.165, 1.54) is 12.8 Å². The van der Waals surface area contributed by atoms with E-state index in [-0.39, 0.29) is 12.2 Å². The number of ether oxygens (including phenoxy) is 2. The van der Waals surface area contributed by atoms with Gasteiger partial charge in [0.25, 0.3) is 0 Å². The van der Waals surface area contributed by atoms with Crippen molar-refractivity contribution in [2.45, 2.75) is 37.9 Å². The van der Waals surface area contributed by atoms with Gasteiger partial charge in [-0.2, -0.15) is 0 Å². The number of rotatable bonds is 4. The van der Waals surface area contributed by atoms with E-state index in [9.17, 15) is 0 Å². The van der Waals surface area contributed by atoms with Crippen molar-refractivity contribution < 1.29 is 9.47 Å². The fourth-order valence-electron chi connectivity index (χ4n) is 2.33. The van der Waals surface area contributed by atoms with Crippen molar-refractivity contribution in [2.75, 3.05) is 20.8 Å². The lowest BCUT2D eigenvalue weighted by molar-refractivity contribution is -0.0879. The van der Waals surface area contributed by atoms with Crippen LogP contribution >= 0.6 is 0 Å². The van der Waals surface area contributed by atoms with Crippen molar-refractivity contribution in [1.82, 2.24) is 0 Å². The summed E-state index contributed by atoms with van der Waals surface area (Å²) in [4.78, 5) is 0. The summed E-state index contributed by atoms with van der Waals surface area (Å²) < 4.78 is 10.9. The van der Waals surface area contributed by atoms with Gasteiger partial charge in [0, 0.05) is 14.2 Å². The maximum atomic E-state index is 5.57. The first-order chi connectivity index (χ1) is 6.33. The van der Waals surface area contributed by atoms with Crippen molar-refractivity contribution in [1.29, 1.82) is 0 Å². The predicted octanol–water partition coefficient (Wildman–Crippen LogP) is 1.17. The molecule has 3 unspecified atom stereocenters. The Bertz CT molecular complexity index is 139. The maximum absolute atomic E-state index is 5.57. The number of methoxy groups -OCH3 is 2. The van der Waals surface area contributed by atoms with Crippen LogP contribution in [-0.4, -0.2) is 33.0 Å². The van der Waals surface area contributed by atoms with Crippen molar-refractivity contribution in [3.63, 3.8) is 0 Å². The molecule has 1 aliphatic carbocycles. The van der Waals surface area contributed by atoms with Crippen LogP contribution in [0.4, 0.5) is 0 Å². The predicted molar refractivity (Wildman–Crippen MR) is 52.6 cm³/mol. The van der Waals surface area contributed by atoms with Gasteiger partial charge in [-0.3, -0.25) is 0 Å². The normalized spacial score (nSPS) is 34.8. The van der Waals surface area contributed by atoms with Crippen LogP contribution in [0.25, 0.3) is 0 Å². The molecule has 0 aromatic rings. The highest BCUT2D eigenvalue weighted by Crippen LogP contribution is 2.30. The van der Waals surface area contributed by atoms with Crippen LogP contribution in [0.15, 0.2) is 0 Å². The van der Waals surface area contributed by atoms with Crippen LogP contribution in [0.1, 0.15) is 25.7 Å². The fraction of sp³-hybridized carbons (Fsp3) is 1.00. The molecule has 0 bridgehead atoms. The molecule has 3 atom stereocenters. The first-order valence-electron chi connectivity index (χ1n) is 5.09. The second-order valence-electron chi connectivity index (χ2n) is 3.74. The first kappa shape index (κ1) is 11.0. The summed E-state index contributed by atoms with van der Waals surface area (Å²) in [5, 5.41) is 0. The Morgan fingerprint density at radius 3 is 2.54 bits per heavy atom. The third-order valence-electron chi connectivity index (χ3n) is 3.01. The molecule has 3 heteroatoms. The Labute approximate surface area is 80.6 Å². The zero-order valence-corrected chi connectivity index (χ0v) is 8.66. The number of hydrogen-bond donors (Lipinski definition) is 1. The molecule has 1 saturated carbocycles. The smallest absolute Gasteiger partial charge is 0.0861 e. The molecule has 0 aromatic carbocycles. The molecule has 0 heterocycles. The lowest BCUT2D eigenvalue weighted by atomic mass is 9.82. The van der Waals surface area contributed by atoms with E-state index < -0.39 is 0 Å². The molecular formula is C10H21NO2. The molecule has 0 aliphatic heterocycles. The van der Waals surface area contributed by atoms with Crippen molar-refractivity contribution >= 4 is 0 Å². The summed E-state index contributed by atoms with van der Waals surface area (Å²) >= 11 is 0. The maximum Gasteiger partial charge on any atom is 0.0861 e. The molecule has 0 spiro atoms. The van der Waals surface area contributed by atoms with Crippen molar-refractivity contribution in [2.24, 2.45) is 11.7 Å². The van der Waals surface area contributed by atoms with E-state index in [1.54, 1.807) is 14.2 Å². The van der Waals surface area contributed by atoms with E-state index in [0.29, 0.717) is 5.92 Å². The van der Waals surface area contributed by atoms with E-state index in [1.807, 2.05) is 0 Å². The van der Waals surface area contributed by atoms with E-state index >= 15 is 0 Å². The molecule has 1 rings (SSSR count). The highest BCUT2D eigenvalue weighted by Gasteiger charge is 2.32. The Hall–Kier alpha value is -0.120. The van der Waals surface area contributed by atoms with E-state index in [4.69, 9.17) is 15.2 Å². The first-order valence-corrected chi connectivity index (χ1v) is 5.09. The molecule has 2 N–H and O–H groups in total. The highest BCUT2D eigenvalue weighted by atomic mass is 16.5. The monoisotopic (exact) mass is 187 g/mol. The van der Waals surface area contributed by atoms with Gasteiger partial charge >= 0.3 is 0 Å². The average Bonchev–Trinajstić information content (AvgIpc) is 2.18. The summed E-state index contributed by atoms with van der Waals surface area (Å²) in [6, 6.07) is 0. The molecule has 78 valence electrons. The molecule has 0 saturated heterocycles. The lowest BCUT2D eigenvalue weighted by Gasteiger charge is -2.36. The third-order valence-corrected chi connectivity index (χ3v) is 3.01. The van der Waals surface area contributed by atoms with E-state index in [0.717, 1.165) is 19.4 Å². The second-order valence-corrected chi connectivity index (χ2v) is 3.74. The average molecular weight is 187 g/mol. The summed E-state index contributed by atoms with van der Waals surface area (Å²) in [5.41, 5.74) is 5.57. The summed E-state index contributed by atoms with van der Waals surface area (Å²) in [7, 11) is 3.53. The fourth-order valence-corrected chi connectivity index (χ4v) is 2.33. The van der Waals surface area contributed by atoms with Gasteiger partial charge in [-0.15, -0.1) is 0 Å². The molecular weight excluding hydrogens is 166 g/mol. The molecule has 0 aromatic heterocycles. The molecule has 0 radical (unpaired) electrons. The van der Waals surface area contributed by atoms with Crippen LogP contribution in [0, 0.1) is 5.92 Å². The van der Waals surface area contributed by atoms with Crippen LogP contribution < -0.4 is 5.73 Å². The summed E-state index contributed by atoms with van der Waals surface area (Å²) in [6.07, 6.45) is 5.17. The lowest BCUT2D eigenvalue weighted by Crippen LogP contribution is -2.40. The van der Waals surface area contributed by atoms with Crippen molar-refractivity contribution in [3.05, 3.63) is 0 Å². The Morgan fingerprint density at radius 1 is 1.23 bits per heavy atom. The number of hydrogen-bond acceptors (Lipinski definition) is 3. The topological polar surface area (TPSA) is 44.5 Å². The van der Waals surface area contributed by atoms with Gasteiger partial charge in [0.1, 0.15) is 0 Å². The van der Waals surface area contributed by atoms with Crippen LogP contribution in [-0.2, 0) is 9.47 Å². The zero-order chi connectivity index (χ0) is 9.68. The van der Waals surface area contributed by atoms with E-state index in [2.05, 4.69) is 0 Å². The largest absolute Gasteiger partial charge is 0.379 e. The van der Waals surface area contributed by atoms with Gasteiger partial charge in [-0.05, 0) is 31.7 Å². The minimum Gasteiger partial charge on any atom is -0.379 e. The highest BCUT2D eigenvalue weighted by molar-refractivity contribution is 4.83.